The lowest BCUT2D eigenvalue weighted by Crippen LogP contribution is -2.58. The van der Waals surface area contributed by atoms with Crippen molar-refractivity contribution in [2.75, 3.05) is 6.54 Å². The Hall–Kier alpha value is -3.67. The van der Waals surface area contributed by atoms with Crippen LogP contribution in [0.25, 0.3) is 0 Å². The number of rotatable bonds is 14. The molecule has 0 aliphatic heterocycles. The summed E-state index contributed by atoms with van der Waals surface area (Å²) in [5, 5.41) is 25.7. The second kappa shape index (κ2) is 13.8. The van der Waals surface area contributed by atoms with Gasteiger partial charge in [0.25, 0.3) is 0 Å². The molecule has 0 saturated heterocycles. The monoisotopic (exact) mass is 479 g/mol. The maximum atomic E-state index is 13.1. The molecule has 0 aliphatic rings. The minimum atomic E-state index is -1.25. The maximum absolute atomic E-state index is 13.1. The number of nitrogens with two attached hydrogens (primary N) is 2. The predicted molar refractivity (Wildman–Crippen MR) is 122 cm³/mol. The molecule has 0 radical (unpaired) electrons. The Bertz CT molecular complexity index is 875. The zero-order chi connectivity index (χ0) is 25.8. The lowest BCUT2D eigenvalue weighted by Gasteiger charge is -2.27. The summed E-state index contributed by atoms with van der Waals surface area (Å²) in [6.45, 7) is 2.91. The van der Waals surface area contributed by atoms with Gasteiger partial charge in [-0.3, -0.25) is 24.0 Å². The van der Waals surface area contributed by atoms with Gasteiger partial charge in [-0.05, 0) is 30.0 Å². The molecule has 0 saturated carbocycles. The van der Waals surface area contributed by atoms with E-state index in [9.17, 15) is 29.1 Å². The Morgan fingerprint density at radius 3 is 2.15 bits per heavy atom. The summed E-state index contributed by atoms with van der Waals surface area (Å²) in [6, 6.07) is 2.71. The molecule has 1 aromatic carbocycles. The van der Waals surface area contributed by atoms with Crippen molar-refractivity contribution in [3.63, 3.8) is 0 Å². The zero-order valence-electron chi connectivity index (χ0n) is 19.2. The summed E-state index contributed by atoms with van der Waals surface area (Å²) in [4.78, 5) is 60.0. The molecule has 4 unspecified atom stereocenters. The van der Waals surface area contributed by atoms with E-state index in [2.05, 4.69) is 16.0 Å². The van der Waals surface area contributed by atoms with E-state index in [4.69, 9.17) is 16.6 Å². The lowest BCUT2D eigenvalue weighted by molar-refractivity contribution is -0.138. The number of hydrogen-bond acceptors (Lipinski definition) is 7. The van der Waals surface area contributed by atoms with Crippen LogP contribution in [0.2, 0.25) is 0 Å². The van der Waals surface area contributed by atoms with Crippen molar-refractivity contribution in [2.24, 2.45) is 17.4 Å². The number of aliphatic carboxylic acids is 1. The molecule has 0 bridgehead atoms. The average Bonchev–Trinajstić information content (AvgIpc) is 2.79. The molecule has 0 aromatic heterocycles. The van der Waals surface area contributed by atoms with E-state index in [0.717, 1.165) is 0 Å². The molecule has 12 nitrogen and oxygen atoms in total. The highest BCUT2D eigenvalue weighted by atomic mass is 16.4. The van der Waals surface area contributed by atoms with Gasteiger partial charge >= 0.3 is 5.97 Å². The quantitative estimate of drug-likeness (QED) is 0.171. The van der Waals surface area contributed by atoms with Gasteiger partial charge in [0.1, 0.15) is 24.4 Å². The van der Waals surface area contributed by atoms with Gasteiger partial charge in [0.15, 0.2) is 0 Å². The van der Waals surface area contributed by atoms with E-state index in [1.165, 1.54) is 12.1 Å². The molecule has 188 valence electrons. The second-order valence-corrected chi connectivity index (χ2v) is 8.03. The van der Waals surface area contributed by atoms with Crippen LogP contribution in [0.1, 0.15) is 38.7 Å². The second-order valence-electron chi connectivity index (χ2n) is 8.03. The summed E-state index contributed by atoms with van der Waals surface area (Å²) >= 11 is 0. The third-order valence-corrected chi connectivity index (χ3v) is 5.25. The van der Waals surface area contributed by atoms with Gasteiger partial charge in [-0.1, -0.05) is 32.4 Å². The topological polar surface area (TPSA) is 214 Å². The van der Waals surface area contributed by atoms with Crippen molar-refractivity contribution < 1.29 is 34.2 Å². The van der Waals surface area contributed by atoms with E-state index in [1.807, 2.05) is 6.92 Å². The highest BCUT2D eigenvalue weighted by molar-refractivity contribution is 5.94. The number of primary amides is 1. The highest BCUT2D eigenvalue weighted by Gasteiger charge is 2.31. The van der Waals surface area contributed by atoms with Crippen molar-refractivity contribution in [2.45, 2.75) is 57.7 Å². The normalized spacial score (nSPS) is 14.2. The molecule has 1 aromatic rings. The number of carboxylic acids is 1. The molecule has 4 amide bonds. The maximum Gasteiger partial charge on any atom is 0.322 e. The van der Waals surface area contributed by atoms with Crippen LogP contribution >= 0.6 is 0 Å². The van der Waals surface area contributed by atoms with Gasteiger partial charge in [0.05, 0.1) is 6.04 Å². The van der Waals surface area contributed by atoms with Gasteiger partial charge < -0.3 is 37.6 Å². The smallest absolute Gasteiger partial charge is 0.322 e. The van der Waals surface area contributed by atoms with Crippen LogP contribution in [0.5, 0.6) is 5.75 Å². The minimum Gasteiger partial charge on any atom is -0.508 e. The van der Waals surface area contributed by atoms with E-state index >= 15 is 0 Å². The van der Waals surface area contributed by atoms with Crippen LogP contribution in [0.4, 0.5) is 0 Å². The molecule has 0 heterocycles. The van der Waals surface area contributed by atoms with Crippen molar-refractivity contribution in [1.29, 1.82) is 0 Å². The van der Waals surface area contributed by atoms with Gasteiger partial charge in [-0.25, -0.2) is 0 Å². The van der Waals surface area contributed by atoms with Crippen LogP contribution < -0.4 is 27.4 Å². The first-order valence-electron chi connectivity index (χ1n) is 10.9. The number of carbonyl (C=O) groups is 5. The van der Waals surface area contributed by atoms with Crippen LogP contribution in [0, 0.1) is 5.92 Å². The number of phenols is 1. The van der Waals surface area contributed by atoms with Crippen LogP contribution in [-0.2, 0) is 30.4 Å². The van der Waals surface area contributed by atoms with E-state index in [1.54, 1.807) is 19.1 Å². The fourth-order valence-corrected chi connectivity index (χ4v) is 3.02. The predicted octanol–water partition coefficient (Wildman–Crippen LogP) is -1.26. The summed E-state index contributed by atoms with van der Waals surface area (Å²) in [7, 11) is 0. The fraction of sp³-hybridized carbons (Fsp3) is 0.500. The number of amides is 4. The minimum absolute atomic E-state index is 0.0107. The third-order valence-electron chi connectivity index (χ3n) is 5.25. The van der Waals surface area contributed by atoms with Gasteiger partial charge in [-0.15, -0.1) is 0 Å². The van der Waals surface area contributed by atoms with Crippen LogP contribution in [-0.4, -0.2) is 64.5 Å². The molecule has 9 N–H and O–H groups in total. The number of hydrogen-bond donors (Lipinski definition) is 7. The molecular weight excluding hydrogens is 446 g/mol. The summed E-state index contributed by atoms with van der Waals surface area (Å²) in [5.74, 6) is -4.19. The van der Waals surface area contributed by atoms with Crippen molar-refractivity contribution in [3.05, 3.63) is 29.8 Å². The molecule has 0 fully saturated rings. The largest absolute Gasteiger partial charge is 0.508 e. The van der Waals surface area contributed by atoms with E-state index in [-0.39, 0.29) is 30.9 Å². The number of benzene rings is 1. The molecular formula is C22H33N5O7. The number of nitrogens with one attached hydrogen (secondary N) is 3. The summed E-state index contributed by atoms with van der Waals surface area (Å²) in [6.07, 6.45) is 0.448. The molecule has 0 aliphatic carbocycles. The van der Waals surface area contributed by atoms with Gasteiger partial charge in [0.2, 0.25) is 23.6 Å². The molecule has 0 spiro atoms. The Morgan fingerprint density at radius 1 is 1.00 bits per heavy atom. The first-order chi connectivity index (χ1) is 15.9. The fourth-order valence-electron chi connectivity index (χ4n) is 3.02. The van der Waals surface area contributed by atoms with Gasteiger partial charge in [-0.2, -0.15) is 0 Å². The average molecular weight is 480 g/mol. The first-order valence-corrected chi connectivity index (χ1v) is 10.9. The number of aromatic hydroxyl groups is 1. The van der Waals surface area contributed by atoms with E-state index < -0.39 is 54.3 Å². The van der Waals surface area contributed by atoms with Crippen molar-refractivity contribution in [1.82, 2.24) is 16.0 Å². The Morgan fingerprint density at radius 2 is 1.62 bits per heavy atom. The van der Waals surface area contributed by atoms with Crippen LogP contribution in [0.15, 0.2) is 24.3 Å². The highest BCUT2D eigenvalue weighted by Crippen LogP contribution is 2.13. The van der Waals surface area contributed by atoms with Crippen LogP contribution in [0.3, 0.4) is 0 Å². The number of carboxylic acid groups (broad SMARTS) is 1. The lowest BCUT2D eigenvalue weighted by atomic mass is 9.96. The third kappa shape index (κ3) is 9.86. The Labute approximate surface area is 197 Å². The summed E-state index contributed by atoms with van der Waals surface area (Å²) in [5.41, 5.74) is 11.5. The Kier molecular flexibility index (Phi) is 11.5. The number of phenolic OH excluding ortho intramolecular Hbond substituents is 1. The first kappa shape index (κ1) is 28.4. The Balaban J connectivity index is 3.02. The molecule has 4 atom stereocenters. The molecule has 34 heavy (non-hydrogen) atoms. The molecule has 1 rings (SSSR count). The van der Waals surface area contributed by atoms with E-state index in [0.29, 0.717) is 12.0 Å². The molecule has 12 heteroatoms. The summed E-state index contributed by atoms with van der Waals surface area (Å²) < 4.78 is 0. The van der Waals surface area contributed by atoms with Crippen molar-refractivity contribution >= 4 is 29.6 Å². The standard InChI is InChI=1S/C22H33N5O7/c1-3-12(2)19(27-20(32)15(23)8-9-17(24)29)22(34)26-16(21(33)25-11-18(30)31)10-13-4-6-14(28)7-5-13/h4-7,12,15-16,19,28H,3,8-11,23H2,1-2H3,(H2,24,29)(H,25,33)(H,26,34)(H,27,32)(H,30,31). The van der Waals surface area contributed by atoms with Crippen molar-refractivity contribution in [3.8, 4) is 5.75 Å². The number of carbonyl (C=O) groups excluding carboxylic acids is 4. The SMILES string of the molecule is CCC(C)C(NC(=O)C(N)CCC(N)=O)C(=O)NC(Cc1ccc(O)cc1)C(=O)NCC(=O)O. The zero-order valence-corrected chi connectivity index (χ0v) is 19.2. The van der Waals surface area contributed by atoms with Gasteiger partial charge in [0, 0.05) is 12.8 Å².